The average Bonchev–Trinajstić information content (AvgIpc) is 2.24. The quantitative estimate of drug-likeness (QED) is 0.761. The number of ether oxygens (including phenoxy) is 1. The van der Waals surface area contributed by atoms with E-state index in [0.717, 1.165) is 19.4 Å². The first-order chi connectivity index (χ1) is 7.92. The molecule has 1 saturated heterocycles. The van der Waals surface area contributed by atoms with Crippen molar-refractivity contribution < 1.29 is 14.3 Å². The zero-order chi connectivity index (χ0) is 12.9. The maximum atomic E-state index is 11.8. The molecule has 2 amide bonds. The number of nitrogens with one attached hydrogen (secondary N) is 1. The molecule has 17 heavy (non-hydrogen) atoms. The molecular formula is C12H22N2O3. The van der Waals surface area contributed by atoms with E-state index in [4.69, 9.17) is 4.74 Å². The predicted molar refractivity (Wildman–Crippen MR) is 64.6 cm³/mol. The first kappa shape index (κ1) is 13.8. The molecule has 1 atom stereocenters. The van der Waals surface area contributed by atoms with E-state index in [-0.39, 0.29) is 6.09 Å². The third-order valence-corrected chi connectivity index (χ3v) is 2.66. The summed E-state index contributed by atoms with van der Waals surface area (Å²) in [6.45, 7) is 7.62. The second-order valence-electron chi connectivity index (χ2n) is 5.46. The van der Waals surface area contributed by atoms with Crippen LogP contribution < -0.4 is 5.32 Å². The lowest BCUT2D eigenvalue weighted by atomic mass is 9.98. The number of likely N-dealkylation sites (tertiary alicyclic amines) is 1. The molecule has 98 valence electrons. The van der Waals surface area contributed by atoms with Crippen LogP contribution in [-0.2, 0) is 9.53 Å². The van der Waals surface area contributed by atoms with E-state index < -0.39 is 5.60 Å². The predicted octanol–water partition coefficient (Wildman–Crippen LogP) is 1.38. The molecule has 1 heterocycles. The topological polar surface area (TPSA) is 58.6 Å². The highest BCUT2D eigenvalue weighted by molar-refractivity contribution is 5.68. The summed E-state index contributed by atoms with van der Waals surface area (Å²) in [5.74, 6) is 0.335. The van der Waals surface area contributed by atoms with Crippen molar-refractivity contribution in [1.29, 1.82) is 0 Å². The maximum Gasteiger partial charge on any atom is 0.410 e. The fourth-order valence-electron chi connectivity index (χ4n) is 1.94. The molecule has 0 radical (unpaired) electrons. The van der Waals surface area contributed by atoms with Gasteiger partial charge in [0.05, 0.1) is 0 Å². The number of hydrogen-bond acceptors (Lipinski definition) is 3. The van der Waals surface area contributed by atoms with Crippen LogP contribution in [0.4, 0.5) is 4.79 Å². The van der Waals surface area contributed by atoms with Crippen LogP contribution in [0.5, 0.6) is 0 Å². The van der Waals surface area contributed by atoms with Gasteiger partial charge >= 0.3 is 6.09 Å². The lowest BCUT2D eigenvalue weighted by Crippen LogP contribution is -2.44. The minimum atomic E-state index is -0.453. The molecule has 0 spiro atoms. The van der Waals surface area contributed by atoms with E-state index in [1.165, 1.54) is 0 Å². The lowest BCUT2D eigenvalue weighted by Gasteiger charge is -2.34. The Morgan fingerprint density at radius 3 is 2.82 bits per heavy atom. The van der Waals surface area contributed by atoms with Gasteiger partial charge in [-0.25, -0.2) is 4.79 Å². The van der Waals surface area contributed by atoms with Crippen LogP contribution in [0.1, 0.15) is 33.6 Å². The van der Waals surface area contributed by atoms with Crippen LogP contribution in [0.25, 0.3) is 0 Å². The summed E-state index contributed by atoms with van der Waals surface area (Å²) in [6.07, 6.45) is 2.45. The molecule has 5 heteroatoms. The van der Waals surface area contributed by atoms with E-state index in [0.29, 0.717) is 25.4 Å². The van der Waals surface area contributed by atoms with Gasteiger partial charge in [0, 0.05) is 19.6 Å². The summed E-state index contributed by atoms with van der Waals surface area (Å²) in [4.78, 5) is 23.8. The molecule has 1 N–H and O–H groups in total. The number of carbonyl (C=O) groups excluding carboxylic acids is 2. The van der Waals surface area contributed by atoms with E-state index in [1.807, 2.05) is 20.8 Å². The Morgan fingerprint density at radius 2 is 2.24 bits per heavy atom. The molecule has 0 aliphatic carbocycles. The monoisotopic (exact) mass is 242 g/mol. The molecule has 1 aliphatic heterocycles. The van der Waals surface area contributed by atoms with E-state index in [2.05, 4.69) is 5.32 Å². The Morgan fingerprint density at radius 1 is 1.53 bits per heavy atom. The largest absolute Gasteiger partial charge is 0.444 e. The number of piperidine rings is 1. The summed E-state index contributed by atoms with van der Waals surface area (Å²) in [6, 6.07) is 0. The van der Waals surface area contributed by atoms with Crippen LogP contribution in [-0.4, -0.2) is 42.6 Å². The average molecular weight is 242 g/mol. The molecule has 0 aromatic rings. The highest BCUT2D eigenvalue weighted by atomic mass is 16.6. The van der Waals surface area contributed by atoms with Gasteiger partial charge in [0.1, 0.15) is 5.60 Å². The standard InChI is InChI=1S/C12H22N2O3/c1-12(2,3)17-11(16)14-6-4-5-10(8-14)7-13-9-15/h9-10H,4-8H2,1-3H3,(H,13,15). The molecule has 0 aromatic heterocycles. The SMILES string of the molecule is CC(C)(C)OC(=O)N1CCCC(CNC=O)C1. The highest BCUT2D eigenvalue weighted by Crippen LogP contribution is 2.18. The van der Waals surface area contributed by atoms with Crippen LogP contribution in [0.15, 0.2) is 0 Å². The third-order valence-electron chi connectivity index (χ3n) is 2.66. The molecular weight excluding hydrogens is 220 g/mol. The summed E-state index contributed by atoms with van der Waals surface area (Å²) in [5, 5.41) is 2.67. The van der Waals surface area contributed by atoms with Crippen molar-refractivity contribution in [2.75, 3.05) is 19.6 Å². The smallest absolute Gasteiger partial charge is 0.410 e. The first-order valence-corrected chi connectivity index (χ1v) is 6.07. The third kappa shape index (κ3) is 5.06. The van der Waals surface area contributed by atoms with Crippen LogP contribution >= 0.6 is 0 Å². The van der Waals surface area contributed by atoms with Gasteiger partial charge in [0.2, 0.25) is 6.41 Å². The first-order valence-electron chi connectivity index (χ1n) is 6.07. The maximum absolute atomic E-state index is 11.8. The van der Waals surface area contributed by atoms with Gasteiger partial charge in [0.25, 0.3) is 0 Å². The Labute approximate surface area is 102 Å². The molecule has 1 fully saturated rings. The number of hydrogen-bond donors (Lipinski definition) is 1. The summed E-state index contributed by atoms with van der Waals surface area (Å²) in [5.41, 5.74) is -0.453. The lowest BCUT2D eigenvalue weighted by molar-refractivity contribution is -0.109. The number of carbonyl (C=O) groups is 2. The van der Waals surface area contributed by atoms with E-state index >= 15 is 0 Å². The Hall–Kier alpha value is -1.26. The number of nitrogens with zero attached hydrogens (tertiary/aromatic N) is 1. The van der Waals surface area contributed by atoms with E-state index in [1.54, 1.807) is 4.90 Å². The Bertz CT molecular complexity index is 273. The van der Waals surface area contributed by atoms with Gasteiger partial charge in [-0.3, -0.25) is 4.79 Å². The second kappa shape index (κ2) is 5.89. The molecule has 1 unspecified atom stereocenters. The van der Waals surface area contributed by atoms with E-state index in [9.17, 15) is 9.59 Å². The Balaban J connectivity index is 2.43. The minimum absolute atomic E-state index is 0.256. The summed E-state index contributed by atoms with van der Waals surface area (Å²) >= 11 is 0. The van der Waals surface area contributed by atoms with Crippen molar-refractivity contribution in [3.8, 4) is 0 Å². The highest BCUT2D eigenvalue weighted by Gasteiger charge is 2.27. The van der Waals surface area contributed by atoms with Crippen molar-refractivity contribution >= 4 is 12.5 Å². The second-order valence-corrected chi connectivity index (χ2v) is 5.46. The van der Waals surface area contributed by atoms with Gasteiger partial charge in [-0.05, 0) is 39.5 Å². The van der Waals surface area contributed by atoms with Crippen LogP contribution in [0.2, 0.25) is 0 Å². The van der Waals surface area contributed by atoms with Crippen LogP contribution in [0, 0.1) is 5.92 Å². The summed E-state index contributed by atoms with van der Waals surface area (Å²) in [7, 11) is 0. The minimum Gasteiger partial charge on any atom is -0.444 e. The zero-order valence-electron chi connectivity index (χ0n) is 10.9. The number of amides is 2. The molecule has 0 bridgehead atoms. The van der Waals surface area contributed by atoms with Gasteiger partial charge < -0.3 is 15.0 Å². The summed E-state index contributed by atoms with van der Waals surface area (Å²) < 4.78 is 5.33. The van der Waals surface area contributed by atoms with Gasteiger partial charge in [-0.2, -0.15) is 0 Å². The van der Waals surface area contributed by atoms with Crippen molar-refractivity contribution in [1.82, 2.24) is 10.2 Å². The molecule has 1 rings (SSSR count). The van der Waals surface area contributed by atoms with Crippen LogP contribution in [0.3, 0.4) is 0 Å². The van der Waals surface area contributed by atoms with Crippen molar-refractivity contribution in [3.05, 3.63) is 0 Å². The zero-order valence-corrected chi connectivity index (χ0v) is 10.9. The van der Waals surface area contributed by atoms with Gasteiger partial charge in [-0.1, -0.05) is 0 Å². The molecule has 0 aromatic carbocycles. The van der Waals surface area contributed by atoms with Crippen molar-refractivity contribution in [2.45, 2.75) is 39.2 Å². The fourth-order valence-corrected chi connectivity index (χ4v) is 1.94. The van der Waals surface area contributed by atoms with Gasteiger partial charge in [-0.15, -0.1) is 0 Å². The van der Waals surface area contributed by atoms with Crippen molar-refractivity contribution in [3.63, 3.8) is 0 Å². The Kier molecular flexibility index (Phi) is 4.78. The number of rotatable bonds is 3. The molecule has 5 nitrogen and oxygen atoms in total. The molecule has 1 aliphatic rings. The molecule has 0 saturated carbocycles. The fraction of sp³-hybridized carbons (Fsp3) is 0.833. The normalized spacial score (nSPS) is 20.9. The van der Waals surface area contributed by atoms with Gasteiger partial charge in [0.15, 0.2) is 0 Å². The van der Waals surface area contributed by atoms with Crippen molar-refractivity contribution in [2.24, 2.45) is 5.92 Å².